The fraction of sp³-hybridized carbons (Fsp3) is 0.323. The van der Waals surface area contributed by atoms with E-state index in [1.165, 1.54) is 24.3 Å². The molecule has 49 heavy (non-hydrogen) atoms. The Hall–Kier alpha value is -6.01. The van der Waals surface area contributed by atoms with Gasteiger partial charge in [-0.2, -0.15) is 0 Å². The highest BCUT2D eigenvalue weighted by atomic mass is 16.4. The fourth-order valence-electron chi connectivity index (χ4n) is 4.75. The van der Waals surface area contributed by atoms with Crippen LogP contribution < -0.4 is 27.0 Å². The molecule has 18 heteroatoms. The van der Waals surface area contributed by atoms with Crippen molar-refractivity contribution in [3.63, 3.8) is 0 Å². The van der Waals surface area contributed by atoms with Crippen molar-refractivity contribution in [3.05, 3.63) is 65.9 Å². The summed E-state index contributed by atoms with van der Waals surface area (Å²) in [4.78, 5) is 90.3. The van der Waals surface area contributed by atoms with Crippen molar-refractivity contribution in [2.24, 2.45) is 5.73 Å². The second-order valence-electron chi connectivity index (χ2n) is 11.0. The number of carboxylic acids is 3. The van der Waals surface area contributed by atoms with Gasteiger partial charge in [-0.15, -0.1) is 0 Å². The number of hydrogen-bond acceptors (Lipinski definition) is 10. The van der Waals surface area contributed by atoms with E-state index in [4.69, 9.17) is 10.8 Å². The normalized spacial score (nSPS) is 14.0. The molecule has 4 amide bonds. The van der Waals surface area contributed by atoms with Crippen molar-refractivity contribution in [1.82, 2.24) is 26.3 Å². The van der Waals surface area contributed by atoms with Crippen LogP contribution in [0, 0.1) is 0 Å². The van der Waals surface area contributed by atoms with E-state index in [0.717, 1.165) is 0 Å². The number of rotatable bonds is 18. The molecule has 0 aliphatic carbocycles. The number of H-pyrrole nitrogens is 1. The Labute approximate surface area is 277 Å². The molecule has 0 radical (unpaired) electrons. The van der Waals surface area contributed by atoms with Gasteiger partial charge in [0.25, 0.3) is 0 Å². The summed E-state index contributed by atoms with van der Waals surface area (Å²) >= 11 is 0. The molecular weight excluding hydrogens is 648 g/mol. The number of fused-ring (bicyclic) bond motifs is 1. The molecule has 2 aromatic carbocycles. The van der Waals surface area contributed by atoms with E-state index in [1.54, 1.807) is 30.5 Å². The van der Waals surface area contributed by atoms with E-state index in [1.807, 2.05) is 0 Å². The van der Waals surface area contributed by atoms with E-state index in [0.29, 0.717) is 22.0 Å². The van der Waals surface area contributed by atoms with Crippen LogP contribution in [-0.2, 0) is 46.4 Å². The summed E-state index contributed by atoms with van der Waals surface area (Å²) in [5.74, 6) is -8.90. The topological polar surface area (TPSA) is 311 Å². The average molecular weight is 685 g/mol. The van der Waals surface area contributed by atoms with Gasteiger partial charge in [-0.3, -0.25) is 28.8 Å². The first kappa shape index (κ1) is 37.4. The molecular formula is C31H36N6O12. The van der Waals surface area contributed by atoms with E-state index < -0.39 is 91.2 Å². The number of carbonyl (C=O) groups is 7. The molecule has 0 aliphatic heterocycles. The second kappa shape index (κ2) is 17.2. The lowest BCUT2D eigenvalue weighted by atomic mass is 10.0. The number of nitrogens with one attached hydrogen (secondary N) is 5. The summed E-state index contributed by atoms with van der Waals surface area (Å²) in [6.07, 6.45) is -0.678. The predicted octanol–water partition coefficient (Wildman–Crippen LogP) is -2.05. The Balaban J connectivity index is 1.89. The molecule has 1 heterocycles. The van der Waals surface area contributed by atoms with E-state index in [9.17, 15) is 54.0 Å². The Morgan fingerprint density at radius 1 is 0.673 bits per heavy atom. The van der Waals surface area contributed by atoms with Gasteiger partial charge in [0, 0.05) is 29.9 Å². The molecule has 0 saturated heterocycles. The first-order valence-corrected chi connectivity index (χ1v) is 14.8. The van der Waals surface area contributed by atoms with Crippen molar-refractivity contribution in [2.45, 2.75) is 55.9 Å². The highest BCUT2D eigenvalue weighted by Crippen LogP contribution is 2.19. The van der Waals surface area contributed by atoms with Crippen LogP contribution in [0.5, 0.6) is 5.75 Å². The zero-order valence-electron chi connectivity index (χ0n) is 25.8. The molecule has 0 saturated carbocycles. The van der Waals surface area contributed by atoms with Crippen LogP contribution in [0.4, 0.5) is 0 Å². The number of aliphatic carboxylic acids is 3. The van der Waals surface area contributed by atoms with Gasteiger partial charge in [0.1, 0.15) is 29.9 Å². The Bertz CT molecular complexity index is 1690. The second-order valence-corrected chi connectivity index (χ2v) is 11.0. The lowest BCUT2D eigenvalue weighted by molar-refractivity contribution is -0.144. The number of carbonyl (C=O) groups excluding carboxylic acids is 4. The maximum absolute atomic E-state index is 13.6. The Morgan fingerprint density at radius 2 is 1.20 bits per heavy atom. The molecule has 3 rings (SSSR count). The van der Waals surface area contributed by atoms with Crippen molar-refractivity contribution < 1.29 is 59.1 Å². The van der Waals surface area contributed by atoms with Gasteiger partial charge in [0.15, 0.2) is 0 Å². The third-order valence-electron chi connectivity index (χ3n) is 7.28. The minimum Gasteiger partial charge on any atom is -0.508 e. The van der Waals surface area contributed by atoms with Crippen molar-refractivity contribution in [2.75, 3.05) is 6.61 Å². The van der Waals surface area contributed by atoms with Crippen LogP contribution in [0.2, 0.25) is 0 Å². The maximum Gasteiger partial charge on any atom is 0.328 e. The zero-order valence-corrected chi connectivity index (χ0v) is 25.8. The maximum atomic E-state index is 13.6. The number of benzene rings is 2. The molecule has 18 nitrogen and oxygen atoms in total. The number of carboxylic acid groups (broad SMARTS) is 3. The fourth-order valence-corrected chi connectivity index (χ4v) is 4.75. The first-order valence-electron chi connectivity index (χ1n) is 14.8. The summed E-state index contributed by atoms with van der Waals surface area (Å²) in [6.45, 7) is -0.988. The van der Waals surface area contributed by atoms with Crippen molar-refractivity contribution >= 4 is 52.4 Å². The van der Waals surface area contributed by atoms with Crippen LogP contribution in [0.3, 0.4) is 0 Å². The predicted molar refractivity (Wildman–Crippen MR) is 169 cm³/mol. The molecule has 0 aliphatic rings. The van der Waals surface area contributed by atoms with Crippen LogP contribution in [0.1, 0.15) is 24.0 Å². The van der Waals surface area contributed by atoms with Crippen LogP contribution >= 0.6 is 0 Å². The highest BCUT2D eigenvalue weighted by Gasteiger charge is 2.33. The molecule has 12 N–H and O–H groups in total. The molecule has 3 aromatic rings. The van der Waals surface area contributed by atoms with Crippen molar-refractivity contribution in [1.29, 1.82) is 0 Å². The zero-order chi connectivity index (χ0) is 36.2. The number of aromatic amines is 1. The smallest absolute Gasteiger partial charge is 0.328 e. The number of aromatic nitrogens is 1. The molecule has 5 unspecified atom stereocenters. The summed E-state index contributed by atoms with van der Waals surface area (Å²) in [5, 5.41) is 56.5. The van der Waals surface area contributed by atoms with Gasteiger partial charge in [-0.05, 0) is 29.3 Å². The largest absolute Gasteiger partial charge is 0.508 e. The SMILES string of the molecule is NC(CC(=O)O)C(=O)NC(Cc1c[nH]c2ccccc12)C(=O)NC(CC(=O)O)C(=O)NC(Cc1ccc(O)cc1)C(=O)NC(CO)C(=O)O. The molecule has 262 valence electrons. The standard InChI is InChI=1S/C31H36N6O12/c32-19(11-25(40)41)27(44)34-22(10-16-13-33-20-4-2-1-3-18(16)20)29(46)36-23(12-26(42)43)30(47)35-21(9-15-5-7-17(39)8-6-15)28(45)37-24(14-38)31(48)49/h1-8,13,19,21-24,33,38-39H,9-12,14,32H2,(H,34,44)(H,35,47)(H,36,46)(H,37,45)(H,40,41)(H,42,43)(H,48,49). The number of aliphatic hydroxyl groups excluding tert-OH is 1. The summed E-state index contributed by atoms with van der Waals surface area (Å²) in [6, 6.07) is 4.18. The number of nitrogens with two attached hydrogens (primary N) is 1. The van der Waals surface area contributed by atoms with E-state index in [2.05, 4.69) is 26.3 Å². The van der Waals surface area contributed by atoms with Crippen molar-refractivity contribution in [3.8, 4) is 5.75 Å². The van der Waals surface area contributed by atoms with Gasteiger partial charge < -0.3 is 57.5 Å². The number of para-hydroxylation sites is 1. The number of aromatic hydroxyl groups is 1. The summed E-state index contributed by atoms with van der Waals surface area (Å²) in [5.41, 5.74) is 7.29. The molecule has 0 spiro atoms. The number of phenolic OH excluding ortho intramolecular Hbond substituents is 1. The summed E-state index contributed by atoms with van der Waals surface area (Å²) in [7, 11) is 0. The third kappa shape index (κ3) is 11.0. The van der Waals surface area contributed by atoms with Crippen LogP contribution in [-0.4, -0.2) is 109 Å². The monoisotopic (exact) mass is 684 g/mol. The van der Waals surface area contributed by atoms with E-state index >= 15 is 0 Å². The molecule has 5 atom stereocenters. The minimum atomic E-state index is -1.84. The number of phenols is 1. The van der Waals surface area contributed by atoms with Gasteiger partial charge in [-0.25, -0.2) is 4.79 Å². The van der Waals surface area contributed by atoms with Gasteiger partial charge in [0.2, 0.25) is 23.6 Å². The van der Waals surface area contributed by atoms with Gasteiger partial charge >= 0.3 is 17.9 Å². The summed E-state index contributed by atoms with van der Waals surface area (Å²) < 4.78 is 0. The lowest BCUT2D eigenvalue weighted by Crippen LogP contribution is -2.59. The molecule has 0 bridgehead atoms. The van der Waals surface area contributed by atoms with Gasteiger partial charge in [0.05, 0.1) is 25.5 Å². The number of hydrogen-bond donors (Lipinski definition) is 11. The Kier molecular flexibility index (Phi) is 13.2. The Morgan fingerprint density at radius 3 is 1.80 bits per heavy atom. The number of aliphatic hydroxyl groups is 1. The number of amides is 4. The molecule has 1 aromatic heterocycles. The third-order valence-corrected chi connectivity index (χ3v) is 7.28. The van der Waals surface area contributed by atoms with Crippen LogP contribution in [0.15, 0.2) is 54.7 Å². The van der Waals surface area contributed by atoms with Crippen LogP contribution in [0.25, 0.3) is 10.9 Å². The first-order chi connectivity index (χ1) is 23.2. The average Bonchev–Trinajstić information content (AvgIpc) is 3.45. The van der Waals surface area contributed by atoms with E-state index in [-0.39, 0.29) is 18.6 Å². The minimum absolute atomic E-state index is 0.109. The highest BCUT2D eigenvalue weighted by molar-refractivity contribution is 5.97. The molecule has 0 fully saturated rings. The lowest BCUT2D eigenvalue weighted by Gasteiger charge is -2.26. The quantitative estimate of drug-likeness (QED) is 0.0688. The van der Waals surface area contributed by atoms with Gasteiger partial charge in [-0.1, -0.05) is 30.3 Å².